The van der Waals surface area contributed by atoms with Crippen molar-refractivity contribution in [1.29, 1.82) is 0 Å². The molecule has 3 aromatic rings. The molecule has 1 atom stereocenters. The van der Waals surface area contributed by atoms with Gasteiger partial charge in [0.1, 0.15) is 4.90 Å². The zero-order valence-electron chi connectivity index (χ0n) is 14.4. The van der Waals surface area contributed by atoms with Crippen molar-refractivity contribution in [3.05, 3.63) is 77.3 Å². The van der Waals surface area contributed by atoms with Gasteiger partial charge in [0, 0.05) is 10.9 Å². The first-order chi connectivity index (χ1) is 12.4. The van der Waals surface area contributed by atoms with E-state index in [0.717, 1.165) is 16.3 Å². The zero-order chi connectivity index (χ0) is 18.7. The fraction of sp³-hybridized carbons (Fsp3) is 0.150. The smallest absolute Gasteiger partial charge is 0.265 e. The SMILES string of the molecule is C/C(=N\OS(=O)(=O)c1ccc2ccccc2c1)C(C)c1ccc(Cl)cc1. The van der Waals surface area contributed by atoms with Crippen LogP contribution in [0.5, 0.6) is 0 Å². The number of fused-ring (bicyclic) bond motifs is 1. The molecule has 0 aliphatic carbocycles. The molecular weight excluding hydrogens is 370 g/mol. The Kier molecular flexibility index (Phi) is 5.30. The van der Waals surface area contributed by atoms with Gasteiger partial charge in [0.05, 0.1) is 5.71 Å². The molecule has 0 radical (unpaired) electrons. The molecule has 26 heavy (non-hydrogen) atoms. The highest BCUT2D eigenvalue weighted by atomic mass is 35.5. The summed E-state index contributed by atoms with van der Waals surface area (Å²) in [6.45, 7) is 3.66. The predicted molar refractivity (Wildman–Crippen MR) is 105 cm³/mol. The van der Waals surface area contributed by atoms with Gasteiger partial charge >= 0.3 is 10.1 Å². The van der Waals surface area contributed by atoms with E-state index in [9.17, 15) is 8.42 Å². The molecule has 3 rings (SSSR count). The molecule has 0 aliphatic heterocycles. The quantitative estimate of drug-likeness (QED) is 0.436. The van der Waals surface area contributed by atoms with Crippen molar-refractivity contribution in [2.45, 2.75) is 24.7 Å². The van der Waals surface area contributed by atoms with Crippen LogP contribution in [0.4, 0.5) is 0 Å². The Morgan fingerprint density at radius 1 is 1.00 bits per heavy atom. The van der Waals surface area contributed by atoms with Crippen LogP contribution in [0.2, 0.25) is 5.02 Å². The third kappa shape index (κ3) is 4.06. The van der Waals surface area contributed by atoms with Crippen LogP contribution in [-0.4, -0.2) is 14.1 Å². The van der Waals surface area contributed by atoms with Gasteiger partial charge in [0.2, 0.25) is 0 Å². The Hall–Kier alpha value is -2.37. The molecule has 0 N–H and O–H groups in total. The molecular formula is C20H18ClNO3S. The summed E-state index contributed by atoms with van der Waals surface area (Å²) in [4.78, 5) is 0.0758. The van der Waals surface area contributed by atoms with E-state index in [4.69, 9.17) is 15.9 Å². The lowest BCUT2D eigenvalue weighted by atomic mass is 9.97. The molecule has 4 nitrogen and oxygen atoms in total. The molecule has 6 heteroatoms. The van der Waals surface area contributed by atoms with Gasteiger partial charge in [-0.05, 0) is 47.5 Å². The standard InChI is InChI=1S/C20H18ClNO3S/c1-14(16-7-10-19(21)11-8-16)15(2)22-25-26(23,24)20-12-9-17-5-3-4-6-18(17)13-20/h3-14H,1-2H3/b22-15+. The van der Waals surface area contributed by atoms with Crippen LogP contribution in [-0.2, 0) is 14.4 Å². The topological polar surface area (TPSA) is 55.7 Å². The van der Waals surface area contributed by atoms with Crippen molar-refractivity contribution < 1.29 is 12.7 Å². The lowest BCUT2D eigenvalue weighted by molar-refractivity contribution is 0.337. The average molecular weight is 388 g/mol. The molecule has 0 amide bonds. The molecule has 0 heterocycles. The predicted octanol–water partition coefficient (Wildman–Crippen LogP) is 5.38. The second-order valence-electron chi connectivity index (χ2n) is 6.04. The minimum atomic E-state index is -3.98. The lowest BCUT2D eigenvalue weighted by Gasteiger charge is -2.11. The highest BCUT2D eigenvalue weighted by Crippen LogP contribution is 2.22. The van der Waals surface area contributed by atoms with E-state index in [1.54, 1.807) is 31.2 Å². The first-order valence-electron chi connectivity index (χ1n) is 8.09. The normalized spacial score (nSPS) is 13.6. The number of hydrogen-bond donors (Lipinski definition) is 0. The summed E-state index contributed by atoms with van der Waals surface area (Å²) in [6.07, 6.45) is 0. The van der Waals surface area contributed by atoms with Crippen molar-refractivity contribution in [3.8, 4) is 0 Å². The summed E-state index contributed by atoms with van der Waals surface area (Å²) in [5.41, 5.74) is 1.53. The number of oxime groups is 1. The van der Waals surface area contributed by atoms with Crippen LogP contribution >= 0.6 is 11.6 Å². The summed E-state index contributed by atoms with van der Waals surface area (Å²) < 4.78 is 29.8. The van der Waals surface area contributed by atoms with Crippen LogP contribution < -0.4 is 0 Å². The second kappa shape index (κ2) is 7.48. The second-order valence-corrected chi connectivity index (χ2v) is 8.01. The molecule has 0 fully saturated rings. The molecule has 0 aliphatic rings. The minimum Gasteiger partial charge on any atom is -0.265 e. The minimum absolute atomic E-state index is 0.0758. The molecule has 0 saturated carbocycles. The fourth-order valence-corrected chi connectivity index (χ4v) is 3.48. The summed E-state index contributed by atoms with van der Waals surface area (Å²) >= 11 is 5.89. The van der Waals surface area contributed by atoms with Crippen molar-refractivity contribution >= 4 is 38.2 Å². The van der Waals surface area contributed by atoms with Crippen LogP contribution in [0.3, 0.4) is 0 Å². The Morgan fingerprint density at radius 3 is 2.35 bits per heavy atom. The average Bonchev–Trinajstić information content (AvgIpc) is 2.65. The third-order valence-electron chi connectivity index (χ3n) is 4.29. The van der Waals surface area contributed by atoms with Gasteiger partial charge in [-0.3, -0.25) is 4.28 Å². The molecule has 0 aromatic heterocycles. The summed E-state index contributed by atoms with van der Waals surface area (Å²) in [5, 5.41) is 6.28. The fourth-order valence-electron chi connectivity index (χ4n) is 2.55. The van der Waals surface area contributed by atoms with Crippen molar-refractivity contribution in [1.82, 2.24) is 0 Å². The van der Waals surface area contributed by atoms with Crippen LogP contribution in [0, 0.1) is 0 Å². The van der Waals surface area contributed by atoms with E-state index in [1.165, 1.54) is 6.07 Å². The Morgan fingerprint density at radius 2 is 1.65 bits per heavy atom. The molecule has 1 unspecified atom stereocenters. The van der Waals surface area contributed by atoms with Gasteiger partial charge in [0.25, 0.3) is 0 Å². The van der Waals surface area contributed by atoms with E-state index in [2.05, 4.69) is 5.16 Å². The van der Waals surface area contributed by atoms with E-state index in [1.807, 2.05) is 43.3 Å². The van der Waals surface area contributed by atoms with E-state index < -0.39 is 10.1 Å². The van der Waals surface area contributed by atoms with Crippen molar-refractivity contribution in [2.75, 3.05) is 0 Å². The molecule has 134 valence electrons. The van der Waals surface area contributed by atoms with Crippen LogP contribution in [0.25, 0.3) is 10.8 Å². The largest absolute Gasteiger partial charge is 0.358 e. The van der Waals surface area contributed by atoms with Crippen LogP contribution in [0.15, 0.2) is 76.8 Å². The number of hydrogen-bond acceptors (Lipinski definition) is 4. The first kappa shape index (κ1) is 18.4. The molecule has 0 spiro atoms. The van der Waals surface area contributed by atoms with Gasteiger partial charge in [-0.1, -0.05) is 66.1 Å². The van der Waals surface area contributed by atoms with Gasteiger partial charge in [-0.2, -0.15) is 8.42 Å². The summed E-state index contributed by atoms with van der Waals surface area (Å²) in [6, 6.07) is 19.7. The van der Waals surface area contributed by atoms with E-state index in [0.29, 0.717) is 10.7 Å². The number of nitrogens with zero attached hydrogens (tertiary/aromatic N) is 1. The molecule has 0 saturated heterocycles. The summed E-state index contributed by atoms with van der Waals surface area (Å²) in [5.74, 6) is -0.0981. The van der Waals surface area contributed by atoms with Gasteiger partial charge in [-0.25, -0.2) is 0 Å². The Balaban J connectivity index is 1.81. The maximum atomic E-state index is 12.4. The van der Waals surface area contributed by atoms with E-state index >= 15 is 0 Å². The third-order valence-corrected chi connectivity index (χ3v) is 5.64. The summed E-state index contributed by atoms with van der Waals surface area (Å²) in [7, 11) is -3.98. The number of halogens is 1. The molecule has 0 bridgehead atoms. The zero-order valence-corrected chi connectivity index (χ0v) is 16.0. The maximum absolute atomic E-state index is 12.4. The molecule has 3 aromatic carbocycles. The van der Waals surface area contributed by atoms with Gasteiger partial charge in [0.15, 0.2) is 0 Å². The number of rotatable bonds is 5. The highest BCUT2D eigenvalue weighted by molar-refractivity contribution is 7.86. The monoisotopic (exact) mass is 387 g/mol. The van der Waals surface area contributed by atoms with Gasteiger partial charge in [-0.15, -0.1) is 0 Å². The Labute approximate surface area is 158 Å². The van der Waals surface area contributed by atoms with Crippen LogP contribution in [0.1, 0.15) is 25.3 Å². The lowest BCUT2D eigenvalue weighted by Crippen LogP contribution is -2.09. The van der Waals surface area contributed by atoms with Crippen molar-refractivity contribution in [3.63, 3.8) is 0 Å². The van der Waals surface area contributed by atoms with E-state index in [-0.39, 0.29) is 10.8 Å². The maximum Gasteiger partial charge on any atom is 0.358 e. The number of benzene rings is 3. The van der Waals surface area contributed by atoms with Crippen molar-refractivity contribution in [2.24, 2.45) is 5.16 Å². The first-order valence-corrected chi connectivity index (χ1v) is 9.88. The van der Waals surface area contributed by atoms with Gasteiger partial charge < -0.3 is 0 Å². The Bertz CT molecular complexity index is 1060. The highest BCUT2D eigenvalue weighted by Gasteiger charge is 2.17.